The molecule has 4 rings (SSSR count). The fourth-order valence-corrected chi connectivity index (χ4v) is 4.04. The van der Waals surface area contributed by atoms with Crippen LogP contribution in [0.2, 0.25) is 0 Å². The first-order chi connectivity index (χ1) is 16.9. The van der Waals surface area contributed by atoms with Crippen LogP contribution < -0.4 is 16.0 Å². The summed E-state index contributed by atoms with van der Waals surface area (Å²) in [6.45, 7) is 2.50. The van der Waals surface area contributed by atoms with E-state index in [1.54, 1.807) is 42.4 Å². The molecule has 0 saturated heterocycles. The number of carboxylic acid groups (broad SMARTS) is 1. The Morgan fingerprint density at radius 3 is 2.74 bits per heavy atom. The van der Waals surface area contributed by atoms with Crippen molar-refractivity contribution in [3.05, 3.63) is 77.6 Å². The number of fused-ring (bicyclic) bond motifs is 1. The van der Waals surface area contributed by atoms with Crippen molar-refractivity contribution in [2.24, 2.45) is 0 Å². The van der Waals surface area contributed by atoms with Gasteiger partial charge in [-0.15, -0.1) is 0 Å². The van der Waals surface area contributed by atoms with Crippen LogP contribution in [0.3, 0.4) is 0 Å². The van der Waals surface area contributed by atoms with E-state index in [4.69, 9.17) is 0 Å². The minimum Gasteiger partial charge on any atom is -0.481 e. The molecule has 0 fully saturated rings. The number of hydrogen-bond acceptors (Lipinski definition) is 6. The summed E-state index contributed by atoms with van der Waals surface area (Å²) in [6, 6.07) is 14.0. The highest BCUT2D eigenvalue weighted by atomic mass is 16.4. The Hall–Kier alpha value is -4.34. The van der Waals surface area contributed by atoms with Crippen LogP contribution in [-0.4, -0.2) is 56.5 Å². The van der Waals surface area contributed by atoms with Crippen molar-refractivity contribution < 1.29 is 19.5 Å². The number of carbonyl (C=O) groups excluding carboxylic acids is 2. The van der Waals surface area contributed by atoms with Crippen molar-refractivity contribution in [3.63, 3.8) is 0 Å². The number of aromatic amines is 1. The standard InChI is InChI=1S/C25H28N6O4/c1-16(29-25-26-10-11-27-25)28-23(34)18-7-8-20-19(13-18)15-31(12-9-17-5-3-2-4-6-17)24(35)21(30-20)14-22(32)33/h2-8,10-11,13,16,21,30H,9,12,14-15H2,1H3,(H,28,34)(H,32,33)(H2,26,27,29). The number of nitrogens with zero attached hydrogens (tertiary/aromatic N) is 2. The van der Waals surface area contributed by atoms with Crippen LogP contribution in [0.15, 0.2) is 60.9 Å². The van der Waals surface area contributed by atoms with E-state index in [0.29, 0.717) is 30.2 Å². The molecule has 3 aromatic rings. The van der Waals surface area contributed by atoms with Crippen molar-refractivity contribution in [3.8, 4) is 0 Å². The zero-order valence-electron chi connectivity index (χ0n) is 19.3. The summed E-state index contributed by atoms with van der Waals surface area (Å²) in [5.41, 5.74) is 2.91. The van der Waals surface area contributed by atoms with Gasteiger partial charge in [-0.1, -0.05) is 30.3 Å². The molecular formula is C25H28N6O4. The zero-order chi connectivity index (χ0) is 24.8. The highest BCUT2D eigenvalue weighted by Gasteiger charge is 2.31. The van der Waals surface area contributed by atoms with Gasteiger partial charge >= 0.3 is 5.97 Å². The number of hydrogen-bond donors (Lipinski definition) is 5. The average molecular weight is 477 g/mol. The molecule has 0 bridgehead atoms. The van der Waals surface area contributed by atoms with Crippen LogP contribution in [0, 0.1) is 0 Å². The predicted octanol–water partition coefficient (Wildman–Crippen LogP) is 2.44. The normalized spacial score (nSPS) is 16.0. The van der Waals surface area contributed by atoms with Crippen molar-refractivity contribution in [1.82, 2.24) is 20.2 Å². The van der Waals surface area contributed by atoms with Crippen LogP contribution in [-0.2, 0) is 22.6 Å². The summed E-state index contributed by atoms with van der Waals surface area (Å²) in [4.78, 5) is 46.1. The number of imidazole rings is 1. The highest BCUT2D eigenvalue weighted by Crippen LogP contribution is 2.26. The first-order valence-electron chi connectivity index (χ1n) is 11.4. The maximum atomic E-state index is 13.2. The molecule has 1 aromatic heterocycles. The van der Waals surface area contributed by atoms with E-state index in [9.17, 15) is 19.5 Å². The number of rotatable bonds is 9. The van der Waals surface area contributed by atoms with Gasteiger partial charge < -0.3 is 30.9 Å². The average Bonchev–Trinajstić information content (AvgIpc) is 3.30. The molecule has 1 aliphatic heterocycles. The monoisotopic (exact) mass is 476 g/mol. The molecule has 182 valence electrons. The Labute approximate surface area is 202 Å². The van der Waals surface area contributed by atoms with E-state index in [2.05, 4.69) is 25.9 Å². The molecule has 5 N–H and O–H groups in total. The smallest absolute Gasteiger partial charge is 0.305 e. The van der Waals surface area contributed by atoms with E-state index >= 15 is 0 Å². The second-order valence-electron chi connectivity index (χ2n) is 8.44. The first-order valence-corrected chi connectivity index (χ1v) is 11.4. The molecule has 0 aliphatic carbocycles. The molecule has 0 spiro atoms. The maximum absolute atomic E-state index is 13.2. The first kappa shape index (κ1) is 23.8. The molecule has 35 heavy (non-hydrogen) atoms. The molecule has 2 heterocycles. The quantitative estimate of drug-likeness (QED) is 0.299. The van der Waals surface area contributed by atoms with Gasteiger partial charge in [-0.25, -0.2) is 4.98 Å². The molecule has 0 saturated carbocycles. The van der Waals surface area contributed by atoms with Gasteiger partial charge in [0.1, 0.15) is 6.04 Å². The lowest BCUT2D eigenvalue weighted by Gasteiger charge is -2.24. The fraction of sp³-hybridized carbons (Fsp3) is 0.280. The number of H-pyrrole nitrogens is 1. The van der Waals surface area contributed by atoms with Gasteiger partial charge in [-0.05, 0) is 42.7 Å². The SMILES string of the molecule is CC(NC(=O)c1ccc2c(c1)CN(CCc1ccccc1)C(=O)C(CC(=O)O)N2)Nc1ncc[nH]1. The molecule has 2 atom stereocenters. The van der Waals surface area contributed by atoms with Crippen molar-refractivity contribution in [2.45, 2.75) is 38.5 Å². The second kappa shape index (κ2) is 10.7. The number of aliphatic carboxylic acids is 1. The topological polar surface area (TPSA) is 139 Å². The molecule has 10 heteroatoms. The third-order valence-corrected chi connectivity index (χ3v) is 5.76. The Morgan fingerprint density at radius 1 is 1.23 bits per heavy atom. The van der Waals surface area contributed by atoms with Crippen molar-refractivity contribution >= 4 is 29.4 Å². The van der Waals surface area contributed by atoms with Crippen LogP contribution >= 0.6 is 0 Å². The minimum absolute atomic E-state index is 0.269. The number of nitrogens with one attached hydrogen (secondary N) is 4. The van der Waals surface area contributed by atoms with E-state index in [0.717, 1.165) is 11.1 Å². The highest BCUT2D eigenvalue weighted by molar-refractivity contribution is 5.96. The number of aromatic nitrogens is 2. The van der Waals surface area contributed by atoms with E-state index < -0.39 is 12.0 Å². The number of anilines is 2. The van der Waals surface area contributed by atoms with Gasteiger partial charge in [0.05, 0.1) is 12.6 Å². The predicted molar refractivity (Wildman–Crippen MR) is 131 cm³/mol. The summed E-state index contributed by atoms with van der Waals surface area (Å²) >= 11 is 0. The van der Waals surface area contributed by atoms with Gasteiger partial charge in [0.2, 0.25) is 11.9 Å². The third-order valence-electron chi connectivity index (χ3n) is 5.76. The Kier molecular flexibility index (Phi) is 7.30. The van der Waals surface area contributed by atoms with Crippen LogP contribution in [0.25, 0.3) is 0 Å². The lowest BCUT2D eigenvalue weighted by molar-refractivity contribution is -0.141. The summed E-state index contributed by atoms with van der Waals surface area (Å²) in [6.07, 6.45) is 3.21. The zero-order valence-corrected chi connectivity index (χ0v) is 19.3. The molecule has 2 aromatic carbocycles. The lowest BCUT2D eigenvalue weighted by atomic mass is 10.1. The van der Waals surface area contributed by atoms with Crippen molar-refractivity contribution in [1.29, 1.82) is 0 Å². The van der Waals surface area contributed by atoms with Gasteiger partial charge in [0, 0.05) is 36.7 Å². The minimum atomic E-state index is -1.06. The van der Waals surface area contributed by atoms with Gasteiger partial charge in [-0.2, -0.15) is 0 Å². The van der Waals surface area contributed by atoms with Crippen molar-refractivity contribution in [2.75, 3.05) is 17.2 Å². The maximum Gasteiger partial charge on any atom is 0.305 e. The largest absolute Gasteiger partial charge is 0.481 e. The third kappa shape index (κ3) is 6.17. The van der Waals surface area contributed by atoms with Gasteiger partial charge in [0.25, 0.3) is 5.91 Å². The Bertz CT molecular complexity index is 1180. The molecular weight excluding hydrogens is 448 g/mol. The van der Waals surface area contributed by atoms with E-state index in [1.165, 1.54) is 0 Å². The fourth-order valence-electron chi connectivity index (χ4n) is 4.04. The summed E-state index contributed by atoms with van der Waals surface area (Å²) in [5, 5.41) is 18.3. The summed E-state index contributed by atoms with van der Waals surface area (Å²) in [5.74, 6) is -1.08. The number of carboxylic acids is 1. The van der Waals surface area contributed by atoms with Gasteiger partial charge in [0.15, 0.2) is 0 Å². The molecule has 0 radical (unpaired) electrons. The number of amides is 2. The van der Waals surface area contributed by atoms with Gasteiger partial charge in [-0.3, -0.25) is 14.4 Å². The lowest BCUT2D eigenvalue weighted by Crippen LogP contribution is -2.42. The molecule has 2 unspecified atom stereocenters. The number of benzene rings is 2. The van der Waals surface area contributed by atoms with Crippen LogP contribution in [0.4, 0.5) is 11.6 Å². The molecule has 1 aliphatic rings. The summed E-state index contributed by atoms with van der Waals surface area (Å²) in [7, 11) is 0. The molecule has 10 nitrogen and oxygen atoms in total. The Balaban J connectivity index is 1.52. The number of carbonyl (C=O) groups is 3. The van der Waals surface area contributed by atoms with Crippen LogP contribution in [0.1, 0.15) is 34.8 Å². The van der Waals surface area contributed by atoms with Crippen LogP contribution in [0.5, 0.6) is 0 Å². The summed E-state index contributed by atoms with van der Waals surface area (Å²) < 4.78 is 0. The van der Waals surface area contributed by atoms with E-state index in [-0.39, 0.29) is 30.9 Å². The second-order valence-corrected chi connectivity index (χ2v) is 8.44. The Morgan fingerprint density at radius 2 is 2.03 bits per heavy atom. The molecule has 2 amide bonds. The van der Waals surface area contributed by atoms with E-state index in [1.807, 2.05) is 30.3 Å².